The van der Waals surface area contributed by atoms with Gasteiger partial charge in [0.25, 0.3) is 0 Å². The number of carboxylic acids is 1. The lowest BCUT2D eigenvalue weighted by Crippen LogP contribution is -2.59. The van der Waals surface area contributed by atoms with E-state index in [0.717, 1.165) is 4.90 Å². The van der Waals surface area contributed by atoms with E-state index in [9.17, 15) is 39.0 Å². The lowest BCUT2D eigenvalue weighted by atomic mass is 10.0. The molecule has 0 radical (unpaired) electrons. The van der Waals surface area contributed by atoms with Crippen molar-refractivity contribution in [2.45, 2.75) is 96.4 Å². The third-order valence-corrected chi connectivity index (χ3v) is 7.76. The molecule has 17 nitrogen and oxygen atoms in total. The minimum absolute atomic E-state index is 0.00930. The number of aliphatic imine (C=N–C) groups is 1. The van der Waals surface area contributed by atoms with Gasteiger partial charge in [-0.1, -0.05) is 26.0 Å². The number of phenols is 1. The third-order valence-electron chi connectivity index (χ3n) is 7.76. The Morgan fingerprint density at radius 3 is 2.02 bits per heavy atom. The Morgan fingerprint density at radius 2 is 1.47 bits per heavy atom. The molecule has 0 fully saturated rings. The van der Waals surface area contributed by atoms with Crippen LogP contribution in [0.15, 0.2) is 29.3 Å². The average molecular weight is 692 g/mol. The molecule has 12 N–H and O–H groups in total. The second kappa shape index (κ2) is 21.1. The Hall–Kier alpha value is -4.93. The van der Waals surface area contributed by atoms with E-state index in [1.807, 2.05) is 0 Å². The fraction of sp³-hybridized carbons (Fsp3) is 0.594. The van der Waals surface area contributed by atoms with Gasteiger partial charge in [-0.25, -0.2) is 4.79 Å². The molecule has 0 saturated heterocycles. The number of carbonyl (C=O) groups excluding carboxylic acids is 5. The van der Waals surface area contributed by atoms with Crippen LogP contribution in [-0.4, -0.2) is 107 Å². The monoisotopic (exact) mass is 691 g/mol. The van der Waals surface area contributed by atoms with Gasteiger partial charge in [-0.05, 0) is 62.6 Å². The molecule has 1 aromatic rings. The van der Waals surface area contributed by atoms with Crippen molar-refractivity contribution < 1.29 is 39.0 Å². The van der Waals surface area contributed by atoms with E-state index < -0.39 is 65.7 Å². The number of carboxylic acid groups (broad SMARTS) is 1. The lowest BCUT2D eigenvalue weighted by Gasteiger charge is -2.31. The lowest BCUT2D eigenvalue weighted by molar-refractivity contribution is -0.144. The van der Waals surface area contributed by atoms with E-state index in [-0.39, 0.29) is 43.4 Å². The number of carbonyl (C=O) groups is 6. The van der Waals surface area contributed by atoms with Crippen molar-refractivity contribution in [3.05, 3.63) is 29.8 Å². The van der Waals surface area contributed by atoms with Crippen molar-refractivity contribution in [2.75, 3.05) is 20.1 Å². The summed E-state index contributed by atoms with van der Waals surface area (Å²) in [5, 5.41) is 29.7. The number of benzene rings is 1. The number of unbranched alkanes of at least 4 members (excludes halogenated alkanes) is 1. The zero-order valence-corrected chi connectivity index (χ0v) is 28.9. The number of aromatic hydroxyl groups is 1. The highest BCUT2D eigenvalue weighted by atomic mass is 16.4. The molecule has 49 heavy (non-hydrogen) atoms. The molecule has 0 saturated carbocycles. The molecule has 5 amide bonds. The van der Waals surface area contributed by atoms with Gasteiger partial charge in [-0.2, -0.15) is 0 Å². The number of rotatable bonds is 21. The SMILES string of the molecule is CC(=O)NCCCC[C@H](NC(=O)[C@@H](N)CCCN=C(N)N)C(=O)N(C)[C@@H](C)C(=O)N[C@H](C(=O)N[C@@H](Cc1ccc(O)cc1)C(=O)O)C(C)C. The van der Waals surface area contributed by atoms with Crippen molar-refractivity contribution in [3.63, 3.8) is 0 Å². The zero-order valence-electron chi connectivity index (χ0n) is 28.9. The van der Waals surface area contributed by atoms with E-state index in [4.69, 9.17) is 17.2 Å². The highest BCUT2D eigenvalue weighted by Crippen LogP contribution is 2.13. The van der Waals surface area contributed by atoms with Crippen LogP contribution in [0, 0.1) is 5.92 Å². The summed E-state index contributed by atoms with van der Waals surface area (Å²) in [7, 11) is 1.39. The summed E-state index contributed by atoms with van der Waals surface area (Å²) in [5.74, 6) is -4.57. The molecular weight excluding hydrogens is 638 g/mol. The number of nitrogens with one attached hydrogen (secondary N) is 4. The van der Waals surface area contributed by atoms with Crippen LogP contribution in [0.2, 0.25) is 0 Å². The standard InChI is InChI=1S/C32H53N9O8/c1-18(2)26(29(46)39-25(31(48)49)17-21-11-13-22(43)14-12-21)40-27(44)19(3)41(5)30(47)24(10-6-7-15-36-20(4)42)38-28(45)23(33)9-8-16-37-32(34)35/h11-14,18-19,23-26,43H,6-10,15-17,33H2,1-5H3,(H,36,42)(H,38,45)(H,39,46)(H,40,44)(H,48,49)(H4,34,35,37)/t19-,23-,24-,25-,26-/m0/s1. The molecule has 5 atom stereocenters. The first-order valence-corrected chi connectivity index (χ1v) is 16.2. The molecule has 17 heteroatoms. The molecule has 1 rings (SSSR count). The van der Waals surface area contributed by atoms with Gasteiger partial charge in [0.1, 0.15) is 29.9 Å². The number of hydrogen-bond donors (Lipinski definition) is 9. The zero-order chi connectivity index (χ0) is 37.3. The number of nitrogens with two attached hydrogens (primary N) is 3. The van der Waals surface area contributed by atoms with Crippen LogP contribution < -0.4 is 38.5 Å². The van der Waals surface area contributed by atoms with Crippen LogP contribution in [0.3, 0.4) is 0 Å². The van der Waals surface area contributed by atoms with E-state index in [1.165, 1.54) is 45.2 Å². The second-order valence-corrected chi connectivity index (χ2v) is 12.2. The fourth-order valence-electron chi connectivity index (χ4n) is 4.68. The number of likely N-dealkylation sites (N-methyl/N-ethyl adjacent to an activating group) is 1. The Morgan fingerprint density at radius 1 is 0.857 bits per heavy atom. The predicted octanol–water partition coefficient (Wildman–Crippen LogP) is -1.34. The van der Waals surface area contributed by atoms with Crippen LogP contribution in [0.25, 0.3) is 0 Å². The fourth-order valence-corrected chi connectivity index (χ4v) is 4.68. The minimum Gasteiger partial charge on any atom is -0.508 e. The van der Waals surface area contributed by atoms with Crippen LogP contribution in [-0.2, 0) is 35.2 Å². The van der Waals surface area contributed by atoms with Crippen molar-refractivity contribution >= 4 is 41.5 Å². The topological polar surface area (TPSA) is 285 Å². The van der Waals surface area contributed by atoms with Gasteiger partial charge in [0.15, 0.2) is 5.96 Å². The molecule has 0 heterocycles. The molecule has 0 bridgehead atoms. The summed E-state index contributed by atoms with van der Waals surface area (Å²) in [6, 6.07) is 0.328. The van der Waals surface area contributed by atoms with Crippen molar-refractivity contribution in [2.24, 2.45) is 28.1 Å². The molecule has 0 aromatic heterocycles. The van der Waals surface area contributed by atoms with Crippen LogP contribution in [0.5, 0.6) is 5.75 Å². The summed E-state index contributed by atoms with van der Waals surface area (Å²) >= 11 is 0. The summed E-state index contributed by atoms with van der Waals surface area (Å²) in [6.07, 6.45) is 1.78. The normalized spacial score (nSPS) is 13.9. The molecule has 1 aromatic carbocycles. The third kappa shape index (κ3) is 15.7. The van der Waals surface area contributed by atoms with Crippen LogP contribution >= 0.6 is 0 Å². The van der Waals surface area contributed by atoms with Gasteiger partial charge in [-0.15, -0.1) is 0 Å². The van der Waals surface area contributed by atoms with Gasteiger partial charge in [-0.3, -0.25) is 29.0 Å². The van der Waals surface area contributed by atoms with Gasteiger partial charge >= 0.3 is 5.97 Å². The number of nitrogens with zero attached hydrogens (tertiary/aromatic N) is 2. The second-order valence-electron chi connectivity index (χ2n) is 12.2. The highest BCUT2D eigenvalue weighted by Gasteiger charge is 2.34. The maximum Gasteiger partial charge on any atom is 0.326 e. The summed E-state index contributed by atoms with van der Waals surface area (Å²) in [5.41, 5.74) is 17.2. The van der Waals surface area contributed by atoms with Crippen molar-refractivity contribution in [1.82, 2.24) is 26.2 Å². The number of aliphatic carboxylic acids is 1. The molecule has 0 aliphatic rings. The highest BCUT2D eigenvalue weighted by molar-refractivity contribution is 5.95. The molecule has 274 valence electrons. The maximum absolute atomic E-state index is 13.6. The molecule has 0 aliphatic carbocycles. The van der Waals surface area contributed by atoms with Crippen LogP contribution in [0.4, 0.5) is 0 Å². The summed E-state index contributed by atoms with van der Waals surface area (Å²) in [4.78, 5) is 81.3. The Balaban J connectivity index is 3.00. The van der Waals surface area contributed by atoms with E-state index in [1.54, 1.807) is 13.8 Å². The predicted molar refractivity (Wildman–Crippen MR) is 183 cm³/mol. The first kappa shape index (κ1) is 42.1. The van der Waals surface area contributed by atoms with Crippen molar-refractivity contribution in [1.29, 1.82) is 0 Å². The Kier molecular flexibility index (Phi) is 18.1. The first-order valence-electron chi connectivity index (χ1n) is 16.2. The number of guanidine groups is 1. The van der Waals surface area contributed by atoms with E-state index in [2.05, 4.69) is 26.3 Å². The van der Waals surface area contributed by atoms with E-state index in [0.29, 0.717) is 31.4 Å². The van der Waals surface area contributed by atoms with Crippen molar-refractivity contribution in [3.8, 4) is 5.75 Å². The quantitative estimate of drug-likeness (QED) is 0.0413. The largest absolute Gasteiger partial charge is 0.508 e. The first-order chi connectivity index (χ1) is 22.9. The maximum atomic E-state index is 13.6. The number of phenolic OH excluding ortho intramolecular Hbond substituents is 1. The van der Waals surface area contributed by atoms with E-state index >= 15 is 0 Å². The Labute approximate surface area is 286 Å². The van der Waals surface area contributed by atoms with Crippen LogP contribution in [0.1, 0.15) is 65.4 Å². The number of amides is 5. The van der Waals surface area contributed by atoms with Gasteiger partial charge < -0.3 is 53.6 Å². The molecule has 0 unspecified atom stereocenters. The van der Waals surface area contributed by atoms with Gasteiger partial charge in [0.05, 0.1) is 6.04 Å². The molecule has 0 spiro atoms. The molecule has 0 aliphatic heterocycles. The average Bonchev–Trinajstić information content (AvgIpc) is 3.03. The van der Waals surface area contributed by atoms with Gasteiger partial charge in [0.2, 0.25) is 29.5 Å². The summed E-state index contributed by atoms with van der Waals surface area (Å²) in [6.45, 7) is 6.84. The molecular formula is C32H53N9O8. The Bertz CT molecular complexity index is 1300. The number of hydrogen-bond acceptors (Lipinski definition) is 9. The van der Waals surface area contributed by atoms with Gasteiger partial charge in [0, 0.05) is 33.5 Å². The minimum atomic E-state index is -1.32. The summed E-state index contributed by atoms with van der Waals surface area (Å²) < 4.78 is 0. The smallest absolute Gasteiger partial charge is 0.326 e.